The summed E-state index contributed by atoms with van der Waals surface area (Å²) in [4.78, 5) is 0. The molecule has 1 heterocycles. The minimum atomic E-state index is -0.431. The lowest BCUT2D eigenvalue weighted by Crippen LogP contribution is -2.11. The Labute approximate surface area is 110 Å². The van der Waals surface area contributed by atoms with Gasteiger partial charge in [0.2, 0.25) is 0 Å². The van der Waals surface area contributed by atoms with E-state index in [1.807, 2.05) is 12.1 Å². The second-order valence-corrected chi connectivity index (χ2v) is 4.22. The molecule has 0 aliphatic rings. The molecule has 18 heavy (non-hydrogen) atoms. The third-order valence-corrected chi connectivity index (χ3v) is 2.74. The van der Waals surface area contributed by atoms with Crippen molar-refractivity contribution in [1.29, 1.82) is 0 Å². The Kier molecular flexibility index (Phi) is 4.18. The Morgan fingerprint density at radius 3 is 2.89 bits per heavy atom. The quantitative estimate of drug-likeness (QED) is 0.653. The molecular weight excluding hydrogens is 253 g/mol. The van der Waals surface area contributed by atoms with Crippen LogP contribution in [0.2, 0.25) is 5.02 Å². The van der Waals surface area contributed by atoms with Gasteiger partial charge in [-0.3, -0.25) is 0 Å². The van der Waals surface area contributed by atoms with Crippen molar-refractivity contribution in [3.63, 3.8) is 0 Å². The van der Waals surface area contributed by atoms with Crippen LogP contribution in [0.15, 0.2) is 47.4 Å². The highest BCUT2D eigenvalue weighted by atomic mass is 35.5. The fourth-order valence-electron chi connectivity index (χ4n) is 1.57. The van der Waals surface area contributed by atoms with Crippen LogP contribution in [-0.4, -0.2) is 6.54 Å². The minimum absolute atomic E-state index is 0.0928. The zero-order chi connectivity index (χ0) is 13.0. The summed E-state index contributed by atoms with van der Waals surface area (Å²) in [6, 6.07) is 8.24. The molecule has 2 nitrogen and oxygen atoms in total. The molecule has 0 bridgehead atoms. The first kappa shape index (κ1) is 12.9. The molecule has 1 aromatic carbocycles. The number of benzene rings is 1. The molecule has 0 saturated carbocycles. The molecule has 0 saturated heterocycles. The van der Waals surface area contributed by atoms with Crippen molar-refractivity contribution in [2.45, 2.75) is 6.54 Å². The second kappa shape index (κ2) is 5.85. The first-order valence-corrected chi connectivity index (χ1v) is 5.94. The summed E-state index contributed by atoms with van der Waals surface area (Å²) < 4.78 is 18.7. The number of furan rings is 1. The van der Waals surface area contributed by atoms with E-state index in [1.54, 1.807) is 18.2 Å². The summed E-state index contributed by atoms with van der Waals surface area (Å²) >= 11 is 5.73. The van der Waals surface area contributed by atoms with E-state index in [0.29, 0.717) is 12.3 Å². The lowest BCUT2D eigenvalue weighted by Gasteiger charge is -2.00. The summed E-state index contributed by atoms with van der Waals surface area (Å²) in [6.07, 6.45) is 1.78. The van der Waals surface area contributed by atoms with Crippen molar-refractivity contribution in [2.75, 3.05) is 6.54 Å². The Morgan fingerprint density at radius 2 is 2.17 bits per heavy atom. The molecule has 0 spiro atoms. The van der Waals surface area contributed by atoms with E-state index in [1.165, 1.54) is 6.07 Å². The van der Waals surface area contributed by atoms with Crippen LogP contribution in [0.3, 0.4) is 0 Å². The maximum atomic E-state index is 13.0. The topological polar surface area (TPSA) is 25.2 Å². The van der Waals surface area contributed by atoms with E-state index in [4.69, 9.17) is 16.0 Å². The van der Waals surface area contributed by atoms with E-state index in [9.17, 15) is 4.39 Å². The van der Waals surface area contributed by atoms with Crippen LogP contribution in [0.1, 0.15) is 5.76 Å². The highest BCUT2D eigenvalue weighted by Crippen LogP contribution is 2.26. The van der Waals surface area contributed by atoms with Crippen LogP contribution in [0.4, 0.5) is 4.39 Å². The zero-order valence-electron chi connectivity index (χ0n) is 9.75. The third kappa shape index (κ3) is 3.00. The van der Waals surface area contributed by atoms with Crippen molar-refractivity contribution in [3.8, 4) is 11.3 Å². The lowest BCUT2D eigenvalue weighted by molar-refractivity contribution is 0.502. The first-order chi connectivity index (χ1) is 8.70. The van der Waals surface area contributed by atoms with E-state index >= 15 is 0 Å². The van der Waals surface area contributed by atoms with Crippen LogP contribution in [0.25, 0.3) is 11.3 Å². The minimum Gasteiger partial charge on any atom is -0.460 e. The van der Waals surface area contributed by atoms with Crippen LogP contribution < -0.4 is 5.32 Å². The predicted octanol–water partition coefficient (Wildman–Crippen LogP) is 4.01. The standard InChI is InChI=1S/C14H13ClFNO/c1-2-7-17-9-11-4-6-14(18-11)10-3-5-13(16)12(15)8-10/h2-6,8,17H,1,7,9H2. The molecule has 0 amide bonds. The van der Waals surface area contributed by atoms with Gasteiger partial charge in [-0.2, -0.15) is 0 Å². The molecule has 94 valence electrons. The van der Waals surface area contributed by atoms with Gasteiger partial charge in [-0.05, 0) is 30.3 Å². The Hall–Kier alpha value is -1.58. The number of hydrogen-bond acceptors (Lipinski definition) is 2. The molecule has 0 unspecified atom stereocenters. The SMILES string of the molecule is C=CCNCc1ccc(-c2ccc(F)c(Cl)c2)o1. The maximum Gasteiger partial charge on any atom is 0.141 e. The molecule has 4 heteroatoms. The first-order valence-electron chi connectivity index (χ1n) is 5.56. The third-order valence-electron chi connectivity index (χ3n) is 2.45. The van der Waals surface area contributed by atoms with Gasteiger partial charge in [0.1, 0.15) is 17.3 Å². The maximum absolute atomic E-state index is 13.0. The van der Waals surface area contributed by atoms with Crippen molar-refractivity contribution in [2.24, 2.45) is 0 Å². The molecule has 0 radical (unpaired) electrons. The van der Waals surface area contributed by atoms with Crippen LogP contribution in [-0.2, 0) is 6.54 Å². The van der Waals surface area contributed by atoms with Gasteiger partial charge >= 0.3 is 0 Å². The largest absolute Gasteiger partial charge is 0.460 e. The summed E-state index contributed by atoms with van der Waals surface area (Å²) in [6.45, 7) is 4.97. The molecule has 2 aromatic rings. The van der Waals surface area contributed by atoms with Gasteiger partial charge in [0, 0.05) is 12.1 Å². The van der Waals surface area contributed by atoms with Gasteiger partial charge in [-0.1, -0.05) is 17.7 Å². The van der Waals surface area contributed by atoms with E-state index in [2.05, 4.69) is 11.9 Å². The van der Waals surface area contributed by atoms with Gasteiger partial charge in [-0.25, -0.2) is 4.39 Å². The summed E-state index contributed by atoms with van der Waals surface area (Å²) in [7, 11) is 0. The van der Waals surface area contributed by atoms with Crippen LogP contribution >= 0.6 is 11.6 Å². The molecule has 1 N–H and O–H groups in total. The smallest absolute Gasteiger partial charge is 0.141 e. The van der Waals surface area contributed by atoms with Gasteiger partial charge in [0.05, 0.1) is 11.6 Å². The normalized spacial score (nSPS) is 10.6. The van der Waals surface area contributed by atoms with Gasteiger partial charge in [0.25, 0.3) is 0 Å². The van der Waals surface area contributed by atoms with E-state index < -0.39 is 5.82 Å². The molecule has 0 fully saturated rings. The van der Waals surface area contributed by atoms with Crippen molar-refractivity contribution < 1.29 is 8.81 Å². The summed E-state index contributed by atoms with van der Waals surface area (Å²) in [5, 5.41) is 3.23. The molecular formula is C14H13ClFNO. The summed E-state index contributed by atoms with van der Waals surface area (Å²) in [5.74, 6) is 1.06. The van der Waals surface area contributed by atoms with Crippen LogP contribution in [0, 0.1) is 5.82 Å². The van der Waals surface area contributed by atoms with Gasteiger partial charge in [0.15, 0.2) is 0 Å². The molecule has 0 aliphatic heterocycles. The lowest BCUT2D eigenvalue weighted by atomic mass is 10.2. The van der Waals surface area contributed by atoms with Crippen molar-refractivity contribution in [1.82, 2.24) is 5.32 Å². The fourth-order valence-corrected chi connectivity index (χ4v) is 1.76. The Balaban J connectivity index is 2.13. The van der Waals surface area contributed by atoms with Crippen molar-refractivity contribution in [3.05, 3.63) is 59.6 Å². The Morgan fingerprint density at radius 1 is 1.33 bits per heavy atom. The number of rotatable bonds is 5. The van der Waals surface area contributed by atoms with Crippen LogP contribution in [0.5, 0.6) is 0 Å². The number of nitrogens with one attached hydrogen (secondary N) is 1. The number of hydrogen-bond donors (Lipinski definition) is 1. The highest BCUT2D eigenvalue weighted by Gasteiger charge is 2.07. The monoisotopic (exact) mass is 265 g/mol. The molecule has 2 rings (SSSR count). The Bertz CT molecular complexity index is 550. The van der Waals surface area contributed by atoms with Gasteiger partial charge in [-0.15, -0.1) is 6.58 Å². The van der Waals surface area contributed by atoms with Crippen molar-refractivity contribution >= 4 is 11.6 Å². The van der Waals surface area contributed by atoms with Gasteiger partial charge < -0.3 is 9.73 Å². The summed E-state index contributed by atoms with van der Waals surface area (Å²) in [5.41, 5.74) is 0.761. The molecule has 0 aliphatic carbocycles. The second-order valence-electron chi connectivity index (χ2n) is 3.81. The fraction of sp³-hybridized carbons (Fsp3) is 0.143. The number of halogens is 2. The average Bonchev–Trinajstić information content (AvgIpc) is 2.82. The molecule has 0 atom stereocenters. The predicted molar refractivity (Wildman–Crippen MR) is 71.0 cm³/mol. The average molecular weight is 266 g/mol. The highest BCUT2D eigenvalue weighted by molar-refractivity contribution is 6.31. The molecule has 1 aromatic heterocycles. The van der Waals surface area contributed by atoms with E-state index in [0.717, 1.165) is 17.9 Å². The van der Waals surface area contributed by atoms with E-state index in [-0.39, 0.29) is 5.02 Å². The zero-order valence-corrected chi connectivity index (χ0v) is 10.5.